The lowest BCUT2D eigenvalue weighted by Crippen LogP contribution is -2.35. The van der Waals surface area contributed by atoms with Crippen molar-refractivity contribution >= 4 is 7.98 Å². The fourth-order valence-electron chi connectivity index (χ4n) is 0.142. The monoisotopic (exact) mass is 96.1 g/mol. The molecule has 0 heterocycles. The maximum atomic E-state index is 5.28. The first kappa shape index (κ1) is 6.72. The summed E-state index contributed by atoms with van der Waals surface area (Å²) in [6.07, 6.45) is -0.264. The van der Waals surface area contributed by atoms with Crippen molar-refractivity contribution in [1.29, 1.82) is 0 Å². The van der Waals surface area contributed by atoms with Crippen LogP contribution in [0.3, 0.4) is 0 Å². The second-order valence-electron chi connectivity index (χ2n) is 1.49. The van der Waals surface area contributed by atoms with Crippen LogP contribution in [0.25, 0.3) is 0 Å². The standard InChI is InChI=1S/C4H9BN2/c1-3(2)4(6)7-5/h4,7H,1,6H2,2H3. The third-order valence-corrected chi connectivity index (χ3v) is 0.710. The molecular weight excluding hydrogens is 86.9 g/mol. The molecule has 0 aliphatic rings. The van der Waals surface area contributed by atoms with E-state index in [2.05, 4.69) is 11.8 Å². The van der Waals surface area contributed by atoms with Gasteiger partial charge in [0.1, 0.15) is 0 Å². The minimum absolute atomic E-state index is 0.264. The highest BCUT2D eigenvalue weighted by atomic mass is 14.9. The summed E-state index contributed by atoms with van der Waals surface area (Å²) in [6.45, 7) is 5.37. The first-order chi connectivity index (χ1) is 3.18. The summed E-state index contributed by atoms with van der Waals surface area (Å²) < 4.78 is 0. The van der Waals surface area contributed by atoms with Gasteiger partial charge in [0.05, 0.1) is 6.17 Å². The maximum Gasteiger partial charge on any atom is 0.180 e. The van der Waals surface area contributed by atoms with Crippen LogP contribution in [0, 0.1) is 0 Å². The van der Waals surface area contributed by atoms with Crippen molar-refractivity contribution in [2.24, 2.45) is 5.73 Å². The average Bonchev–Trinajstić information content (AvgIpc) is 1.65. The van der Waals surface area contributed by atoms with Gasteiger partial charge < -0.3 is 11.0 Å². The average molecular weight is 95.9 g/mol. The SMILES string of the molecule is [B]NC(N)C(=C)C. The maximum absolute atomic E-state index is 5.28. The lowest BCUT2D eigenvalue weighted by atomic mass is 10.2. The lowest BCUT2D eigenvalue weighted by molar-refractivity contribution is 0.753. The molecule has 0 bridgehead atoms. The van der Waals surface area contributed by atoms with Crippen LogP contribution < -0.4 is 11.0 Å². The van der Waals surface area contributed by atoms with E-state index in [1.807, 2.05) is 6.92 Å². The van der Waals surface area contributed by atoms with Crippen LogP contribution in [-0.2, 0) is 0 Å². The van der Waals surface area contributed by atoms with Gasteiger partial charge in [-0.25, -0.2) is 0 Å². The van der Waals surface area contributed by atoms with Crippen LogP contribution in [0.1, 0.15) is 6.92 Å². The Balaban J connectivity index is 3.34. The molecule has 0 aromatic rings. The van der Waals surface area contributed by atoms with Crippen molar-refractivity contribution in [1.82, 2.24) is 5.23 Å². The summed E-state index contributed by atoms with van der Waals surface area (Å²) >= 11 is 0. The van der Waals surface area contributed by atoms with E-state index >= 15 is 0 Å². The lowest BCUT2D eigenvalue weighted by Gasteiger charge is -2.07. The van der Waals surface area contributed by atoms with Gasteiger partial charge in [-0.2, -0.15) is 0 Å². The molecular formula is C4H9BN2. The molecule has 0 amide bonds. The van der Waals surface area contributed by atoms with Gasteiger partial charge in [0.25, 0.3) is 0 Å². The molecule has 38 valence electrons. The zero-order chi connectivity index (χ0) is 5.86. The summed E-state index contributed by atoms with van der Waals surface area (Å²) in [4.78, 5) is 0. The molecule has 1 unspecified atom stereocenters. The first-order valence-corrected chi connectivity index (χ1v) is 2.05. The van der Waals surface area contributed by atoms with Crippen molar-refractivity contribution in [3.63, 3.8) is 0 Å². The normalized spacial score (nSPS) is 13.4. The Kier molecular flexibility index (Phi) is 2.72. The van der Waals surface area contributed by atoms with Crippen LogP contribution in [0.5, 0.6) is 0 Å². The number of hydrogen-bond acceptors (Lipinski definition) is 2. The Morgan fingerprint density at radius 2 is 2.43 bits per heavy atom. The highest BCUT2D eigenvalue weighted by molar-refractivity contribution is 6.04. The smallest absolute Gasteiger partial charge is 0.180 e. The summed E-state index contributed by atoms with van der Waals surface area (Å²) in [7, 11) is 4.94. The quantitative estimate of drug-likeness (QED) is 0.277. The van der Waals surface area contributed by atoms with Gasteiger partial charge in [-0.05, 0) is 6.92 Å². The molecule has 0 aliphatic heterocycles. The molecule has 0 aromatic heterocycles. The van der Waals surface area contributed by atoms with Crippen molar-refractivity contribution < 1.29 is 0 Å². The van der Waals surface area contributed by atoms with E-state index in [0.717, 1.165) is 5.57 Å². The fourth-order valence-corrected chi connectivity index (χ4v) is 0.142. The molecule has 0 spiro atoms. The van der Waals surface area contributed by atoms with E-state index in [9.17, 15) is 0 Å². The van der Waals surface area contributed by atoms with E-state index < -0.39 is 0 Å². The third kappa shape index (κ3) is 2.42. The van der Waals surface area contributed by atoms with E-state index in [0.29, 0.717) is 0 Å². The van der Waals surface area contributed by atoms with Gasteiger partial charge >= 0.3 is 0 Å². The van der Waals surface area contributed by atoms with Crippen LogP contribution in [0.2, 0.25) is 0 Å². The second-order valence-corrected chi connectivity index (χ2v) is 1.49. The van der Waals surface area contributed by atoms with Crippen LogP contribution in [-0.4, -0.2) is 14.1 Å². The Labute approximate surface area is 45.2 Å². The first-order valence-electron chi connectivity index (χ1n) is 2.05. The molecule has 0 fully saturated rings. The van der Waals surface area contributed by atoms with Gasteiger partial charge in [0.15, 0.2) is 7.98 Å². The Hall–Kier alpha value is -0.275. The molecule has 0 aromatic carbocycles. The molecule has 0 saturated carbocycles. The predicted molar refractivity (Wildman–Crippen MR) is 31.7 cm³/mol. The topological polar surface area (TPSA) is 38.0 Å². The van der Waals surface area contributed by atoms with E-state index in [4.69, 9.17) is 13.7 Å². The number of nitrogens with one attached hydrogen (secondary N) is 1. The summed E-state index contributed by atoms with van der Waals surface area (Å²) in [5.41, 5.74) is 6.12. The minimum atomic E-state index is -0.264. The molecule has 2 radical (unpaired) electrons. The molecule has 0 aliphatic carbocycles. The summed E-state index contributed by atoms with van der Waals surface area (Å²) in [6, 6.07) is 0. The Morgan fingerprint density at radius 1 is 2.00 bits per heavy atom. The third-order valence-electron chi connectivity index (χ3n) is 0.710. The zero-order valence-electron chi connectivity index (χ0n) is 4.44. The minimum Gasteiger partial charge on any atom is -0.349 e. The van der Waals surface area contributed by atoms with Gasteiger partial charge in [-0.15, -0.1) is 0 Å². The van der Waals surface area contributed by atoms with Crippen LogP contribution in [0.15, 0.2) is 12.2 Å². The molecule has 7 heavy (non-hydrogen) atoms. The Bertz CT molecular complexity index is 72.1. The van der Waals surface area contributed by atoms with Gasteiger partial charge in [0.2, 0.25) is 0 Å². The molecule has 1 atom stereocenters. The van der Waals surface area contributed by atoms with E-state index in [1.165, 1.54) is 0 Å². The zero-order valence-corrected chi connectivity index (χ0v) is 4.44. The van der Waals surface area contributed by atoms with Crippen molar-refractivity contribution in [2.75, 3.05) is 0 Å². The number of nitrogens with two attached hydrogens (primary N) is 1. The molecule has 3 heteroatoms. The highest BCUT2D eigenvalue weighted by Crippen LogP contribution is 1.85. The van der Waals surface area contributed by atoms with E-state index in [1.54, 1.807) is 0 Å². The summed E-state index contributed by atoms with van der Waals surface area (Å²) in [5, 5.41) is 2.34. The van der Waals surface area contributed by atoms with Gasteiger partial charge in [-0.1, -0.05) is 12.2 Å². The van der Waals surface area contributed by atoms with Gasteiger partial charge in [-0.3, -0.25) is 0 Å². The van der Waals surface area contributed by atoms with Crippen molar-refractivity contribution in [2.45, 2.75) is 13.1 Å². The second kappa shape index (κ2) is 2.83. The molecule has 3 N–H and O–H groups in total. The fraction of sp³-hybridized carbons (Fsp3) is 0.500. The molecule has 2 nitrogen and oxygen atoms in total. The predicted octanol–water partition coefficient (Wildman–Crippen LogP) is -0.480. The van der Waals surface area contributed by atoms with Crippen LogP contribution in [0.4, 0.5) is 0 Å². The van der Waals surface area contributed by atoms with E-state index in [-0.39, 0.29) is 6.17 Å². The number of hydrogen-bond donors (Lipinski definition) is 2. The van der Waals surface area contributed by atoms with Crippen molar-refractivity contribution in [3.8, 4) is 0 Å². The highest BCUT2D eigenvalue weighted by Gasteiger charge is 1.93. The molecule has 0 saturated heterocycles. The molecule has 0 rings (SSSR count). The van der Waals surface area contributed by atoms with Gasteiger partial charge in [0, 0.05) is 0 Å². The summed E-state index contributed by atoms with van der Waals surface area (Å²) in [5.74, 6) is 0. The largest absolute Gasteiger partial charge is 0.349 e. The van der Waals surface area contributed by atoms with Crippen LogP contribution >= 0.6 is 0 Å². The Morgan fingerprint density at radius 3 is 2.43 bits per heavy atom. The van der Waals surface area contributed by atoms with Crippen molar-refractivity contribution in [3.05, 3.63) is 12.2 Å². The number of rotatable bonds is 2.